The summed E-state index contributed by atoms with van der Waals surface area (Å²) in [4.78, 5) is 3.40. The van der Waals surface area contributed by atoms with Crippen LogP contribution in [0.4, 0.5) is 13.2 Å². The maximum absolute atomic E-state index is 12.4. The molecule has 3 nitrogen and oxygen atoms in total. The van der Waals surface area contributed by atoms with E-state index in [1.54, 1.807) is 19.1 Å². The Balaban J connectivity index is 2.42. The number of rotatable bonds is 2. The van der Waals surface area contributed by atoms with Crippen LogP contribution < -0.4 is 0 Å². The van der Waals surface area contributed by atoms with Gasteiger partial charge in [-0.1, -0.05) is 17.7 Å². The molecular weight excluding hydrogens is 291 g/mol. The molecule has 0 unspecified atom stereocenters. The number of aromatic nitrogens is 1. The summed E-state index contributed by atoms with van der Waals surface area (Å²) in [5.74, 6) is 0. The van der Waals surface area contributed by atoms with Gasteiger partial charge in [-0.15, -0.1) is 0 Å². The topological polar surface area (TPSA) is 47.0 Å². The number of alkyl halides is 3. The first kappa shape index (κ1) is 14.5. The summed E-state index contributed by atoms with van der Waals surface area (Å²) in [6, 6.07) is 7.56. The molecule has 0 fully saturated rings. The molecule has 7 heteroatoms. The maximum atomic E-state index is 12.4. The Labute approximate surface area is 114 Å². The SMILES string of the molecule is Cc1ccc(S(=O)(=O)c2ccc(C(F)(F)F)cn2)cc1. The number of pyridine rings is 1. The third-order valence-electron chi connectivity index (χ3n) is 2.67. The van der Waals surface area contributed by atoms with Gasteiger partial charge in [0.15, 0.2) is 5.03 Å². The van der Waals surface area contributed by atoms with Gasteiger partial charge in [0.05, 0.1) is 10.5 Å². The summed E-state index contributed by atoms with van der Waals surface area (Å²) < 4.78 is 61.5. The smallest absolute Gasteiger partial charge is 0.244 e. The van der Waals surface area contributed by atoms with E-state index in [0.717, 1.165) is 11.6 Å². The minimum atomic E-state index is -4.54. The second-order valence-corrected chi connectivity index (χ2v) is 6.10. The standard InChI is InChI=1S/C13H10F3NO2S/c1-9-2-5-11(6-3-9)20(18,19)12-7-4-10(8-17-12)13(14,15)16/h2-8H,1H3. The van der Waals surface area contributed by atoms with Gasteiger partial charge in [-0.3, -0.25) is 0 Å². The third-order valence-corrected chi connectivity index (χ3v) is 4.36. The first-order valence-corrected chi connectivity index (χ1v) is 7.04. The number of halogens is 3. The molecule has 0 amide bonds. The van der Waals surface area contributed by atoms with Crippen molar-refractivity contribution in [2.45, 2.75) is 23.0 Å². The normalized spacial score (nSPS) is 12.4. The van der Waals surface area contributed by atoms with Crippen LogP contribution in [-0.2, 0) is 16.0 Å². The molecule has 0 aliphatic carbocycles. The largest absolute Gasteiger partial charge is 0.417 e. The fraction of sp³-hybridized carbons (Fsp3) is 0.154. The van der Waals surface area contributed by atoms with Crippen LogP contribution in [0.15, 0.2) is 52.5 Å². The first-order chi connectivity index (χ1) is 9.21. The Morgan fingerprint density at radius 3 is 2.05 bits per heavy atom. The fourth-order valence-corrected chi connectivity index (χ4v) is 2.72. The Morgan fingerprint density at radius 1 is 1.00 bits per heavy atom. The summed E-state index contributed by atoms with van der Waals surface area (Å²) in [7, 11) is -3.90. The van der Waals surface area contributed by atoms with Crippen molar-refractivity contribution in [1.29, 1.82) is 0 Å². The zero-order chi connectivity index (χ0) is 15.0. The van der Waals surface area contributed by atoms with Crippen molar-refractivity contribution in [3.8, 4) is 0 Å². The van der Waals surface area contributed by atoms with Crippen molar-refractivity contribution in [2.75, 3.05) is 0 Å². The summed E-state index contributed by atoms with van der Waals surface area (Å²) in [6.07, 6.45) is -4.03. The Kier molecular flexibility index (Phi) is 3.56. The number of benzene rings is 1. The Morgan fingerprint density at radius 2 is 1.60 bits per heavy atom. The lowest BCUT2D eigenvalue weighted by atomic mass is 10.2. The van der Waals surface area contributed by atoms with Crippen LogP contribution in [0, 0.1) is 6.92 Å². The number of sulfone groups is 1. The zero-order valence-corrected chi connectivity index (χ0v) is 11.2. The molecule has 1 heterocycles. The molecule has 0 aliphatic rings. The van der Waals surface area contributed by atoms with Gasteiger partial charge in [0, 0.05) is 6.20 Å². The van der Waals surface area contributed by atoms with Gasteiger partial charge in [-0.2, -0.15) is 13.2 Å². The van der Waals surface area contributed by atoms with E-state index in [0.29, 0.717) is 12.3 Å². The van der Waals surface area contributed by atoms with E-state index in [1.807, 2.05) is 0 Å². The van der Waals surface area contributed by atoms with E-state index >= 15 is 0 Å². The predicted octanol–water partition coefficient (Wildman–Crippen LogP) is 3.24. The molecule has 0 saturated heterocycles. The van der Waals surface area contributed by atoms with Gasteiger partial charge in [0.25, 0.3) is 0 Å². The quantitative estimate of drug-likeness (QED) is 0.855. The van der Waals surface area contributed by atoms with Gasteiger partial charge < -0.3 is 0 Å². The molecule has 1 aromatic carbocycles. The Bertz CT molecular complexity index is 705. The molecule has 0 saturated carbocycles. The highest BCUT2D eigenvalue weighted by molar-refractivity contribution is 7.91. The molecule has 106 valence electrons. The second-order valence-electron chi connectivity index (χ2n) is 4.20. The highest BCUT2D eigenvalue weighted by Crippen LogP contribution is 2.29. The summed E-state index contributed by atoms with van der Waals surface area (Å²) in [6.45, 7) is 1.80. The van der Waals surface area contributed by atoms with Crippen molar-refractivity contribution in [3.63, 3.8) is 0 Å². The molecule has 0 spiro atoms. The minimum Gasteiger partial charge on any atom is -0.244 e. The van der Waals surface area contributed by atoms with Crippen molar-refractivity contribution >= 4 is 9.84 Å². The van der Waals surface area contributed by atoms with Gasteiger partial charge in [0.2, 0.25) is 9.84 Å². The van der Waals surface area contributed by atoms with E-state index in [9.17, 15) is 21.6 Å². The maximum Gasteiger partial charge on any atom is 0.417 e. The molecule has 1 aromatic heterocycles. The lowest BCUT2D eigenvalue weighted by Crippen LogP contribution is -2.09. The van der Waals surface area contributed by atoms with E-state index in [2.05, 4.69) is 4.98 Å². The van der Waals surface area contributed by atoms with Crippen molar-refractivity contribution in [3.05, 3.63) is 53.7 Å². The van der Waals surface area contributed by atoms with E-state index in [-0.39, 0.29) is 4.90 Å². The zero-order valence-electron chi connectivity index (χ0n) is 10.3. The predicted molar refractivity (Wildman–Crippen MR) is 65.9 cm³/mol. The van der Waals surface area contributed by atoms with Crippen molar-refractivity contribution < 1.29 is 21.6 Å². The number of hydrogen-bond donors (Lipinski definition) is 0. The molecule has 2 aromatic rings. The number of hydrogen-bond acceptors (Lipinski definition) is 3. The van der Waals surface area contributed by atoms with Crippen LogP contribution in [-0.4, -0.2) is 13.4 Å². The van der Waals surface area contributed by atoms with Crippen molar-refractivity contribution in [2.24, 2.45) is 0 Å². The number of aryl methyl sites for hydroxylation is 1. The van der Waals surface area contributed by atoms with Gasteiger partial charge in [-0.05, 0) is 31.2 Å². The van der Waals surface area contributed by atoms with Gasteiger partial charge in [-0.25, -0.2) is 13.4 Å². The fourth-order valence-electron chi connectivity index (χ4n) is 1.55. The summed E-state index contributed by atoms with van der Waals surface area (Å²) in [5, 5.41) is -0.408. The third kappa shape index (κ3) is 2.82. The molecular formula is C13H10F3NO2S. The van der Waals surface area contributed by atoms with Crippen LogP contribution >= 0.6 is 0 Å². The molecule has 2 rings (SSSR count). The van der Waals surface area contributed by atoms with Crippen LogP contribution in [0.2, 0.25) is 0 Å². The molecule has 20 heavy (non-hydrogen) atoms. The summed E-state index contributed by atoms with van der Waals surface area (Å²) in [5.41, 5.74) is -0.107. The lowest BCUT2D eigenvalue weighted by Gasteiger charge is -2.07. The molecule has 0 aliphatic heterocycles. The monoisotopic (exact) mass is 301 g/mol. The van der Waals surface area contributed by atoms with Crippen LogP contribution in [0.5, 0.6) is 0 Å². The van der Waals surface area contributed by atoms with Gasteiger partial charge in [0.1, 0.15) is 0 Å². The van der Waals surface area contributed by atoms with E-state index in [1.165, 1.54) is 12.1 Å². The number of nitrogens with zero attached hydrogens (tertiary/aromatic N) is 1. The first-order valence-electron chi connectivity index (χ1n) is 5.56. The van der Waals surface area contributed by atoms with E-state index < -0.39 is 26.6 Å². The van der Waals surface area contributed by atoms with Gasteiger partial charge >= 0.3 is 6.18 Å². The molecule has 0 N–H and O–H groups in total. The average molecular weight is 301 g/mol. The highest BCUT2D eigenvalue weighted by atomic mass is 32.2. The summed E-state index contributed by atoms with van der Waals surface area (Å²) >= 11 is 0. The molecule has 0 atom stereocenters. The highest BCUT2D eigenvalue weighted by Gasteiger charge is 2.31. The van der Waals surface area contributed by atoms with Crippen LogP contribution in [0.25, 0.3) is 0 Å². The van der Waals surface area contributed by atoms with Crippen LogP contribution in [0.1, 0.15) is 11.1 Å². The minimum absolute atomic E-state index is 0.00430. The Hall–Kier alpha value is -1.89. The van der Waals surface area contributed by atoms with Crippen LogP contribution in [0.3, 0.4) is 0 Å². The lowest BCUT2D eigenvalue weighted by molar-refractivity contribution is -0.137. The van der Waals surface area contributed by atoms with E-state index in [4.69, 9.17) is 0 Å². The average Bonchev–Trinajstić information content (AvgIpc) is 2.38. The van der Waals surface area contributed by atoms with Crippen molar-refractivity contribution in [1.82, 2.24) is 4.98 Å². The molecule has 0 bridgehead atoms. The second kappa shape index (κ2) is 4.90. The molecule has 0 radical (unpaired) electrons.